The van der Waals surface area contributed by atoms with E-state index in [4.69, 9.17) is 4.42 Å². The number of nitrogens with one attached hydrogen (secondary N) is 1. The van der Waals surface area contributed by atoms with Gasteiger partial charge in [0.1, 0.15) is 5.76 Å². The zero-order chi connectivity index (χ0) is 17.8. The molecule has 0 radical (unpaired) electrons. The van der Waals surface area contributed by atoms with Crippen LogP contribution < -0.4 is 5.32 Å². The van der Waals surface area contributed by atoms with Crippen molar-refractivity contribution in [3.63, 3.8) is 0 Å². The Hall–Kier alpha value is -2.61. The summed E-state index contributed by atoms with van der Waals surface area (Å²) in [5.74, 6) is 0.613. The van der Waals surface area contributed by atoms with Gasteiger partial charge in [0.2, 0.25) is 11.1 Å². The van der Waals surface area contributed by atoms with Crippen molar-refractivity contribution in [3.8, 4) is 5.69 Å². The molecule has 0 unspecified atom stereocenters. The number of nitrogens with zero attached hydrogens (tertiary/aromatic N) is 4. The molecule has 25 heavy (non-hydrogen) atoms. The number of aromatic nitrogens is 4. The molecule has 0 aliphatic rings. The molecule has 0 spiro atoms. The summed E-state index contributed by atoms with van der Waals surface area (Å²) in [5.41, 5.74) is 3.15. The summed E-state index contributed by atoms with van der Waals surface area (Å²) in [6, 6.07) is 9.67. The SMILES string of the molecule is Cc1ccc(-n2nnnc2S[C@@H](C)C(=O)NCc2ccco2)c(C)c1. The number of hydrogen-bond donors (Lipinski definition) is 1. The highest BCUT2D eigenvalue weighted by Crippen LogP contribution is 2.24. The van der Waals surface area contributed by atoms with Gasteiger partial charge >= 0.3 is 0 Å². The Labute approximate surface area is 149 Å². The number of tetrazole rings is 1. The van der Waals surface area contributed by atoms with Crippen LogP contribution in [0, 0.1) is 13.8 Å². The smallest absolute Gasteiger partial charge is 0.233 e. The third kappa shape index (κ3) is 4.08. The van der Waals surface area contributed by atoms with Crippen LogP contribution in [0.15, 0.2) is 46.2 Å². The van der Waals surface area contributed by atoms with Gasteiger partial charge in [0, 0.05) is 0 Å². The first-order chi connectivity index (χ1) is 12.0. The second kappa shape index (κ2) is 7.52. The van der Waals surface area contributed by atoms with Gasteiger partial charge in [0.05, 0.1) is 23.7 Å². The Balaban J connectivity index is 1.69. The van der Waals surface area contributed by atoms with Crippen molar-refractivity contribution in [1.29, 1.82) is 0 Å². The van der Waals surface area contributed by atoms with Crippen molar-refractivity contribution in [2.75, 3.05) is 0 Å². The Morgan fingerprint density at radius 1 is 1.36 bits per heavy atom. The first kappa shape index (κ1) is 17.2. The van der Waals surface area contributed by atoms with Gasteiger partial charge in [0.15, 0.2) is 0 Å². The van der Waals surface area contributed by atoms with E-state index < -0.39 is 0 Å². The van der Waals surface area contributed by atoms with Crippen LogP contribution in [0.4, 0.5) is 0 Å². The average molecular weight is 357 g/mol. The monoisotopic (exact) mass is 357 g/mol. The van der Waals surface area contributed by atoms with Gasteiger partial charge in [-0.25, -0.2) is 0 Å². The molecule has 3 rings (SSSR count). The van der Waals surface area contributed by atoms with E-state index in [1.165, 1.54) is 17.3 Å². The molecular formula is C17H19N5O2S. The molecule has 1 amide bonds. The van der Waals surface area contributed by atoms with Crippen molar-refractivity contribution in [1.82, 2.24) is 25.5 Å². The van der Waals surface area contributed by atoms with Gasteiger partial charge in [-0.3, -0.25) is 4.79 Å². The first-order valence-electron chi connectivity index (χ1n) is 7.87. The molecule has 7 nitrogen and oxygen atoms in total. The second-order valence-corrected chi connectivity index (χ2v) is 7.03. The molecule has 0 aliphatic carbocycles. The predicted molar refractivity (Wildman–Crippen MR) is 94.5 cm³/mol. The molecule has 0 saturated heterocycles. The number of amides is 1. The fourth-order valence-corrected chi connectivity index (χ4v) is 3.21. The van der Waals surface area contributed by atoms with Crippen LogP contribution in [0.2, 0.25) is 0 Å². The fraction of sp³-hybridized carbons (Fsp3) is 0.294. The first-order valence-corrected chi connectivity index (χ1v) is 8.75. The van der Waals surface area contributed by atoms with Crippen LogP contribution in [0.1, 0.15) is 23.8 Å². The lowest BCUT2D eigenvalue weighted by molar-refractivity contribution is -0.120. The summed E-state index contributed by atoms with van der Waals surface area (Å²) < 4.78 is 6.87. The summed E-state index contributed by atoms with van der Waals surface area (Å²) in [7, 11) is 0. The minimum Gasteiger partial charge on any atom is -0.467 e. The van der Waals surface area contributed by atoms with E-state index in [0.717, 1.165) is 11.3 Å². The maximum absolute atomic E-state index is 12.3. The lowest BCUT2D eigenvalue weighted by Gasteiger charge is -2.12. The molecule has 1 N–H and O–H groups in total. The van der Waals surface area contributed by atoms with Gasteiger partial charge in [-0.15, -0.1) is 5.10 Å². The minimum atomic E-state index is -0.342. The molecule has 130 valence electrons. The van der Waals surface area contributed by atoms with Crippen LogP contribution in [-0.4, -0.2) is 31.4 Å². The van der Waals surface area contributed by atoms with Crippen molar-refractivity contribution in [2.24, 2.45) is 0 Å². The van der Waals surface area contributed by atoms with E-state index in [-0.39, 0.29) is 11.2 Å². The van der Waals surface area contributed by atoms with Gasteiger partial charge in [-0.2, -0.15) is 4.68 Å². The number of carbonyl (C=O) groups excluding carboxylic acids is 1. The van der Waals surface area contributed by atoms with Crippen molar-refractivity contribution < 1.29 is 9.21 Å². The zero-order valence-electron chi connectivity index (χ0n) is 14.3. The van der Waals surface area contributed by atoms with E-state index in [0.29, 0.717) is 17.5 Å². The van der Waals surface area contributed by atoms with E-state index >= 15 is 0 Å². The van der Waals surface area contributed by atoms with Crippen LogP contribution in [0.3, 0.4) is 0 Å². The highest BCUT2D eigenvalue weighted by atomic mass is 32.2. The summed E-state index contributed by atoms with van der Waals surface area (Å²) in [5, 5.41) is 15.0. The lowest BCUT2D eigenvalue weighted by atomic mass is 10.1. The molecule has 2 heterocycles. The number of carbonyl (C=O) groups is 1. The summed E-state index contributed by atoms with van der Waals surface area (Å²) in [4.78, 5) is 12.3. The van der Waals surface area contributed by atoms with Crippen LogP contribution in [0.25, 0.3) is 5.69 Å². The second-order valence-electron chi connectivity index (χ2n) is 5.72. The summed E-state index contributed by atoms with van der Waals surface area (Å²) in [6.07, 6.45) is 1.58. The molecule has 2 aromatic heterocycles. The molecule has 0 aliphatic heterocycles. The van der Waals surface area contributed by atoms with Crippen molar-refractivity contribution >= 4 is 17.7 Å². The topological polar surface area (TPSA) is 85.8 Å². The number of hydrogen-bond acceptors (Lipinski definition) is 6. The Kier molecular flexibility index (Phi) is 5.18. The predicted octanol–water partition coefficient (Wildman–Crippen LogP) is 2.67. The normalized spacial score (nSPS) is 12.1. The number of rotatable bonds is 6. The lowest BCUT2D eigenvalue weighted by Crippen LogP contribution is -2.30. The largest absolute Gasteiger partial charge is 0.467 e. The number of furan rings is 1. The highest BCUT2D eigenvalue weighted by Gasteiger charge is 2.20. The molecular weight excluding hydrogens is 338 g/mol. The Bertz CT molecular complexity index is 860. The Morgan fingerprint density at radius 2 is 2.20 bits per heavy atom. The maximum Gasteiger partial charge on any atom is 0.233 e. The standard InChI is InChI=1S/C17H19N5O2S/c1-11-6-7-15(12(2)9-11)22-17(19-20-21-22)25-13(3)16(23)18-10-14-5-4-8-24-14/h4-9,13H,10H2,1-3H3,(H,18,23)/t13-/m0/s1. The molecule has 3 aromatic rings. The molecule has 1 atom stereocenters. The Morgan fingerprint density at radius 3 is 2.92 bits per heavy atom. The number of aryl methyl sites for hydroxylation is 2. The minimum absolute atomic E-state index is 0.100. The van der Waals surface area contributed by atoms with E-state index in [9.17, 15) is 4.79 Å². The fourth-order valence-electron chi connectivity index (χ4n) is 2.39. The van der Waals surface area contributed by atoms with Crippen molar-refractivity contribution in [2.45, 2.75) is 37.7 Å². The summed E-state index contributed by atoms with van der Waals surface area (Å²) in [6.45, 7) is 6.23. The summed E-state index contributed by atoms with van der Waals surface area (Å²) >= 11 is 1.31. The van der Waals surface area contributed by atoms with E-state index in [1.807, 2.05) is 39.0 Å². The van der Waals surface area contributed by atoms with Crippen LogP contribution in [0.5, 0.6) is 0 Å². The molecule has 8 heteroatoms. The average Bonchev–Trinajstić information content (AvgIpc) is 3.24. The zero-order valence-corrected chi connectivity index (χ0v) is 15.1. The molecule has 1 aromatic carbocycles. The van der Waals surface area contributed by atoms with Gasteiger partial charge < -0.3 is 9.73 Å². The molecule has 0 bridgehead atoms. The third-order valence-electron chi connectivity index (χ3n) is 3.69. The van der Waals surface area contributed by atoms with Crippen LogP contribution in [-0.2, 0) is 11.3 Å². The quantitative estimate of drug-likeness (QED) is 0.683. The maximum atomic E-state index is 12.3. The van der Waals surface area contributed by atoms with Crippen LogP contribution >= 0.6 is 11.8 Å². The van der Waals surface area contributed by atoms with Gasteiger partial charge in [0.25, 0.3) is 0 Å². The number of benzene rings is 1. The number of thioether (sulfide) groups is 1. The van der Waals surface area contributed by atoms with E-state index in [1.54, 1.807) is 17.0 Å². The van der Waals surface area contributed by atoms with E-state index in [2.05, 4.69) is 26.9 Å². The molecule has 0 saturated carbocycles. The molecule has 0 fully saturated rings. The highest BCUT2D eigenvalue weighted by molar-refractivity contribution is 8.00. The van der Waals surface area contributed by atoms with Gasteiger partial charge in [-0.05, 0) is 55.0 Å². The third-order valence-corrected chi connectivity index (χ3v) is 4.72. The van der Waals surface area contributed by atoms with Crippen molar-refractivity contribution in [3.05, 3.63) is 53.5 Å². The van der Waals surface area contributed by atoms with Gasteiger partial charge in [-0.1, -0.05) is 29.5 Å².